The molecule has 1 aromatic carbocycles. The van der Waals surface area contributed by atoms with Crippen molar-refractivity contribution >= 4 is 0 Å². The van der Waals surface area contributed by atoms with Gasteiger partial charge in [-0.3, -0.25) is 0 Å². The molecule has 0 saturated carbocycles. The normalized spacial score (nSPS) is 10.7. The number of nitrogens with one attached hydrogen (secondary N) is 1. The van der Waals surface area contributed by atoms with Gasteiger partial charge in [-0.05, 0) is 36.6 Å². The Labute approximate surface area is 122 Å². The number of benzene rings is 1. The number of hydrogen-bond donors (Lipinski definition) is 1. The standard InChI is InChI=1S/C16H27NO3/c1-6-17-11-13-9-14(18-4)16(15(10-13)19-5)20-8-7-12(2)3/h9-10,12,17H,6-8,11H2,1-5H3. The van der Waals surface area contributed by atoms with Gasteiger partial charge in [-0.1, -0.05) is 20.8 Å². The van der Waals surface area contributed by atoms with Crippen LogP contribution in [-0.4, -0.2) is 27.4 Å². The van der Waals surface area contributed by atoms with E-state index in [9.17, 15) is 0 Å². The number of methoxy groups -OCH3 is 2. The first-order valence-electron chi connectivity index (χ1n) is 7.20. The van der Waals surface area contributed by atoms with E-state index in [0.29, 0.717) is 18.3 Å². The number of rotatable bonds is 9. The molecule has 1 N–H and O–H groups in total. The van der Waals surface area contributed by atoms with Crippen molar-refractivity contribution in [3.8, 4) is 17.2 Å². The molecule has 0 radical (unpaired) electrons. The predicted octanol–water partition coefficient (Wildman–Crippen LogP) is 3.24. The van der Waals surface area contributed by atoms with Gasteiger partial charge in [0.15, 0.2) is 11.5 Å². The zero-order valence-electron chi connectivity index (χ0n) is 13.3. The van der Waals surface area contributed by atoms with E-state index in [-0.39, 0.29) is 0 Å². The van der Waals surface area contributed by atoms with Crippen molar-refractivity contribution in [1.82, 2.24) is 5.32 Å². The average Bonchev–Trinajstić information content (AvgIpc) is 2.44. The Morgan fingerprint density at radius 2 is 1.70 bits per heavy atom. The Morgan fingerprint density at radius 3 is 2.15 bits per heavy atom. The SMILES string of the molecule is CCNCc1cc(OC)c(OCCC(C)C)c(OC)c1. The highest BCUT2D eigenvalue weighted by atomic mass is 16.5. The molecule has 0 aliphatic heterocycles. The molecule has 1 aromatic rings. The number of ether oxygens (including phenoxy) is 3. The van der Waals surface area contributed by atoms with Gasteiger partial charge in [0.25, 0.3) is 0 Å². The molecule has 4 heteroatoms. The third kappa shape index (κ3) is 4.93. The maximum Gasteiger partial charge on any atom is 0.203 e. The van der Waals surface area contributed by atoms with Gasteiger partial charge >= 0.3 is 0 Å². The zero-order chi connectivity index (χ0) is 15.0. The third-order valence-electron chi connectivity index (χ3n) is 3.04. The molecular weight excluding hydrogens is 254 g/mol. The van der Waals surface area contributed by atoms with Gasteiger partial charge in [-0.15, -0.1) is 0 Å². The Hall–Kier alpha value is -1.42. The highest BCUT2D eigenvalue weighted by Gasteiger charge is 2.14. The van der Waals surface area contributed by atoms with Gasteiger partial charge < -0.3 is 19.5 Å². The van der Waals surface area contributed by atoms with Gasteiger partial charge in [-0.2, -0.15) is 0 Å². The van der Waals surface area contributed by atoms with Crippen molar-refractivity contribution in [1.29, 1.82) is 0 Å². The van der Waals surface area contributed by atoms with Crippen LogP contribution < -0.4 is 19.5 Å². The van der Waals surface area contributed by atoms with Gasteiger partial charge in [0.1, 0.15) is 0 Å². The van der Waals surface area contributed by atoms with E-state index in [1.807, 2.05) is 12.1 Å². The van der Waals surface area contributed by atoms with Gasteiger partial charge in [0, 0.05) is 6.54 Å². The molecule has 0 saturated heterocycles. The zero-order valence-corrected chi connectivity index (χ0v) is 13.3. The Balaban J connectivity index is 2.90. The van der Waals surface area contributed by atoms with Crippen molar-refractivity contribution < 1.29 is 14.2 Å². The highest BCUT2D eigenvalue weighted by molar-refractivity contribution is 5.53. The summed E-state index contributed by atoms with van der Waals surface area (Å²) in [5.41, 5.74) is 1.12. The molecule has 4 nitrogen and oxygen atoms in total. The Bertz CT molecular complexity index is 380. The van der Waals surface area contributed by atoms with E-state index in [2.05, 4.69) is 26.1 Å². The molecule has 0 unspecified atom stereocenters. The maximum absolute atomic E-state index is 5.85. The first-order chi connectivity index (χ1) is 9.62. The summed E-state index contributed by atoms with van der Waals surface area (Å²) >= 11 is 0. The topological polar surface area (TPSA) is 39.7 Å². The minimum atomic E-state index is 0.611. The molecule has 0 aliphatic carbocycles. The predicted molar refractivity (Wildman–Crippen MR) is 81.9 cm³/mol. The minimum absolute atomic E-state index is 0.611. The summed E-state index contributed by atoms with van der Waals surface area (Å²) in [4.78, 5) is 0. The minimum Gasteiger partial charge on any atom is -0.493 e. The lowest BCUT2D eigenvalue weighted by Crippen LogP contribution is -2.12. The van der Waals surface area contributed by atoms with Crippen LogP contribution in [0.3, 0.4) is 0 Å². The molecule has 0 heterocycles. The fourth-order valence-corrected chi connectivity index (χ4v) is 1.84. The third-order valence-corrected chi connectivity index (χ3v) is 3.04. The lowest BCUT2D eigenvalue weighted by Gasteiger charge is -2.17. The first kappa shape index (κ1) is 16.6. The summed E-state index contributed by atoms with van der Waals surface area (Å²) in [6, 6.07) is 3.99. The van der Waals surface area contributed by atoms with Crippen molar-refractivity contribution in [2.75, 3.05) is 27.4 Å². The summed E-state index contributed by atoms with van der Waals surface area (Å²) in [5.74, 6) is 2.75. The molecule has 1 rings (SSSR count). The highest BCUT2D eigenvalue weighted by Crippen LogP contribution is 2.38. The monoisotopic (exact) mass is 281 g/mol. The van der Waals surface area contributed by atoms with E-state index >= 15 is 0 Å². The second-order valence-corrected chi connectivity index (χ2v) is 5.14. The van der Waals surface area contributed by atoms with Crippen LogP contribution >= 0.6 is 0 Å². The second-order valence-electron chi connectivity index (χ2n) is 5.14. The maximum atomic E-state index is 5.85. The quantitative estimate of drug-likeness (QED) is 0.754. The fraction of sp³-hybridized carbons (Fsp3) is 0.625. The van der Waals surface area contributed by atoms with E-state index in [1.165, 1.54) is 0 Å². The van der Waals surface area contributed by atoms with Crippen molar-refractivity contribution in [2.24, 2.45) is 5.92 Å². The molecule has 0 amide bonds. The first-order valence-corrected chi connectivity index (χ1v) is 7.20. The summed E-state index contributed by atoms with van der Waals surface area (Å²) < 4.78 is 16.7. The lowest BCUT2D eigenvalue weighted by molar-refractivity contribution is 0.257. The molecule has 20 heavy (non-hydrogen) atoms. The van der Waals surface area contributed by atoms with Crippen molar-refractivity contribution in [3.05, 3.63) is 17.7 Å². The Kier molecular flexibility index (Phi) is 7.23. The largest absolute Gasteiger partial charge is 0.493 e. The van der Waals surface area contributed by atoms with Crippen LogP contribution in [0, 0.1) is 5.92 Å². The Morgan fingerprint density at radius 1 is 1.10 bits per heavy atom. The van der Waals surface area contributed by atoms with Crippen LogP contribution in [0.4, 0.5) is 0 Å². The van der Waals surface area contributed by atoms with E-state index in [1.54, 1.807) is 14.2 Å². The molecule has 114 valence electrons. The van der Waals surface area contributed by atoms with Crippen LogP contribution in [-0.2, 0) is 6.54 Å². The summed E-state index contributed by atoms with van der Waals surface area (Å²) in [6.07, 6.45) is 1.01. The molecule has 0 spiro atoms. The lowest BCUT2D eigenvalue weighted by atomic mass is 10.1. The molecule has 0 atom stereocenters. The smallest absolute Gasteiger partial charge is 0.203 e. The average molecular weight is 281 g/mol. The van der Waals surface area contributed by atoms with Crippen LogP contribution in [0.15, 0.2) is 12.1 Å². The van der Waals surface area contributed by atoms with Crippen LogP contribution in [0.2, 0.25) is 0 Å². The molecule has 0 fully saturated rings. The molecule has 0 aromatic heterocycles. The molecule has 0 bridgehead atoms. The van der Waals surface area contributed by atoms with Crippen LogP contribution in [0.25, 0.3) is 0 Å². The van der Waals surface area contributed by atoms with Crippen LogP contribution in [0.1, 0.15) is 32.8 Å². The fourth-order valence-electron chi connectivity index (χ4n) is 1.84. The van der Waals surface area contributed by atoms with E-state index in [0.717, 1.165) is 36.6 Å². The van der Waals surface area contributed by atoms with E-state index < -0.39 is 0 Å². The van der Waals surface area contributed by atoms with Crippen molar-refractivity contribution in [2.45, 2.75) is 33.7 Å². The second kappa shape index (κ2) is 8.69. The molecule has 0 aliphatic rings. The van der Waals surface area contributed by atoms with E-state index in [4.69, 9.17) is 14.2 Å². The number of hydrogen-bond acceptors (Lipinski definition) is 4. The van der Waals surface area contributed by atoms with Gasteiger partial charge in [0.2, 0.25) is 5.75 Å². The van der Waals surface area contributed by atoms with Crippen LogP contribution in [0.5, 0.6) is 17.2 Å². The van der Waals surface area contributed by atoms with Gasteiger partial charge in [0.05, 0.1) is 20.8 Å². The molecular formula is C16H27NO3. The van der Waals surface area contributed by atoms with Crippen molar-refractivity contribution in [3.63, 3.8) is 0 Å². The van der Waals surface area contributed by atoms with Gasteiger partial charge in [-0.25, -0.2) is 0 Å². The summed E-state index contributed by atoms with van der Waals surface area (Å²) in [7, 11) is 3.31. The summed E-state index contributed by atoms with van der Waals surface area (Å²) in [5, 5.41) is 3.29. The summed E-state index contributed by atoms with van der Waals surface area (Å²) in [6.45, 7) is 8.82.